The number of hydrogen-bond acceptors (Lipinski definition) is 4. The van der Waals surface area contributed by atoms with Crippen LogP contribution in [0.5, 0.6) is 0 Å². The van der Waals surface area contributed by atoms with Crippen molar-refractivity contribution in [2.45, 2.75) is 25.8 Å². The molecule has 1 amide bonds. The summed E-state index contributed by atoms with van der Waals surface area (Å²) < 4.78 is 0. The molecule has 1 aromatic heterocycles. The van der Waals surface area contributed by atoms with Gasteiger partial charge in [0.2, 0.25) is 0 Å². The zero-order valence-corrected chi connectivity index (χ0v) is 16.4. The molecule has 1 aliphatic heterocycles. The summed E-state index contributed by atoms with van der Waals surface area (Å²) in [4.78, 5) is 17.7. The zero-order chi connectivity index (χ0) is 15.5. The fourth-order valence-corrected chi connectivity index (χ4v) is 3.64. The van der Waals surface area contributed by atoms with Crippen molar-refractivity contribution in [2.75, 3.05) is 13.1 Å². The topological polar surface area (TPSA) is 54.0 Å². The van der Waals surface area contributed by atoms with Gasteiger partial charge in [-0.3, -0.25) is 4.79 Å². The number of amides is 1. The zero-order valence-electron chi connectivity index (χ0n) is 13.2. The third-order valence-electron chi connectivity index (χ3n) is 3.77. The maximum atomic E-state index is 12.5. The van der Waals surface area contributed by atoms with E-state index < -0.39 is 0 Å². The number of hydrogen-bond donors (Lipinski definition) is 2. The van der Waals surface area contributed by atoms with Crippen LogP contribution in [0.25, 0.3) is 10.6 Å². The molecular weight excluding hydrogens is 389 g/mol. The molecule has 132 valence electrons. The molecule has 0 aliphatic carbocycles. The van der Waals surface area contributed by atoms with Crippen LogP contribution in [0.1, 0.15) is 28.2 Å². The Hall–Kier alpha value is -0.850. The second-order valence-electron chi connectivity index (χ2n) is 5.44. The number of nitrogens with one attached hydrogen (secondary N) is 2. The fourth-order valence-electron chi connectivity index (χ4n) is 2.54. The molecule has 0 unspecified atom stereocenters. The van der Waals surface area contributed by atoms with Crippen LogP contribution in [-0.4, -0.2) is 30.0 Å². The Kier molecular flexibility index (Phi) is 8.46. The van der Waals surface area contributed by atoms with Gasteiger partial charge in [-0.15, -0.1) is 36.2 Å². The molecule has 8 heteroatoms. The van der Waals surface area contributed by atoms with Crippen molar-refractivity contribution >= 4 is 53.7 Å². The molecule has 1 aliphatic rings. The minimum atomic E-state index is -0.0119. The van der Waals surface area contributed by atoms with Gasteiger partial charge >= 0.3 is 0 Å². The second-order valence-corrected chi connectivity index (χ2v) is 6.87. The summed E-state index contributed by atoms with van der Waals surface area (Å²) in [7, 11) is 0. The predicted molar refractivity (Wildman–Crippen MR) is 105 cm³/mol. The van der Waals surface area contributed by atoms with Gasteiger partial charge in [0.25, 0.3) is 5.91 Å². The molecule has 4 nitrogen and oxygen atoms in total. The van der Waals surface area contributed by atoms with Gasteiger partial charge in [0, 0.05) is 16.6 Å². The van der Waals surface area contributed by atoms with Crippen LogP contribution >= 0.6 is 47.8 Å². The second kappa shape index (κ2) is 9.59. The summed E-state index contributed by atoms with van der Waals surface area (Å²) in [5, 5.41) is 7.96. The summed E-state index contributed by atoms with van der Waals surface area (Å²) in [5.41, 5.74) is 1.76. The molecule has 24 heavy (non-hydrogen) atoms. The third kappa shape index (κ3) is 5.07. The van der Waals surface area contributed by atoms with Gasteiger partial charge in [0.1, 0.15) is 9.88 Å². The Bertz CT molecular complexity index is 670. The summed E-state index contributed by atoms with van der Waals surface area (Å²) in [5.74, 6) is -0.0119. The first-order valence-corrected chi connectivity index (χ1v) is 8.58. The number of rotatable bonds is 3. The summed E-state index contributed by atoms with van der Waals surface area (Å²) in [6.07, 6.45) is 1.96. The smallest absolute Gasteiger partial charge is 0.263 e. The van der Waals surface area contributed by atoms with Crippen LogP contribution in [-0.2, 0) is 0 Å². The number of aromatic nitrogens is 1. The summed E-state index contributed by atoms with van der Waals surface area (Å²) in [6.45, 7) is 3.80. The Morgan fingerprint density at radius 2 is 1.88 bits per heavy atom. The van der Waals surface area contributed by atoms with Gasteiger partial charge in [-0.2, -0.15) is 0 Å². The van der Waals surface area contributed by atoms with Gasteiger partial charge in [0.05, 0.1) is 5.69 Å². The minimum Gasteiger partial charge on any atom is -0.348 e. The van der Waals surface area contributed by atoms with Gasteiger partial charge in [0.15, 0.2) is 0 Å². The Morgan fingerprint density at radius 3 is 2.50 bits per heavy atom. The Morgan fingerprint density at radius 1 is 1.25 bits per heavy atom. The summed E-state index contributed by atoms with van der Waals surface area (Å²) >= 11 is 7.34. The molecule has 0 saturated carbocycles. The average molecular weight is 409 g/mol. The van der Waals surface area contributed by atoms with Crippen LogP contribution in [0.3, 0.4) is 0 Å². The van der Waals surface area contributed by atoms with E-state index in [2.05, 4.69) is 15.6 Å². The lowest BCUT2D eigenvalue weighted by atomic mass is 10.1. The van der Waals surface area contributed by atoms with E-state index in [1.165, 1.54) is 11.3 Å². The van der Waals surface area contributed by atoms with Crippen LogP contribution < -0.4 is 10.6 Å². The van der Waals surface area contributed by atoms with Crippen molar-refractivity contribution in [3.05, 3.63) is 39.9 Å². The Balaban J connectivity index is 0.00000144. The van der Waals surface area contributed by atoms with E-state index in [-0.39, 0.29) is 36.8 Å². The highest BCUT2D eigenvalue weighted by Crippen LogP contribution is 2.29. The molecule has 2 heterocycles. The number of nitrogens with zero attached hydrogens (tertiary/aromatic N) is 1. The first kappa shape index (κ1) is 21.2. The highest BCUT2D eigenvalue weighted by molar-refractivity contribution is 7.17. The van der Waals surface area contributed by atoms with Crippen LogP contribution in [0, 0.1) is 6.92 Å². The molecule has 0 radical (unpaired) electrons. The molecule has 2 aromatic rings. The Labute approximate surface area is 163 Å². The first-order valence-electron chi connectivity index (χ1n) is 7.38. The third-order valence-corrected chi connectivity index (χ3v) is 5.23. The quantitative estimate of drug-likeness (QED) is 0.804. The lowest BCUT2D eigenvalue weighted by molar-refractivity contribution is 0.0933. The molecule has 0 bridgehead atoms. The van der Waals surface area contributed by atoms with Gasteiger partial charge in [-0.05, 0) is 45.0 Å². The molecule has 1 aromatic carbocycles. The van der Waals surface area contributed by atoms with Crippen LogP contribution in [0.4, 0.5) is 0 Å². The molecule has 2 N–H and O–H groups in total. The maximum absolute atomic E-state index is 12.5. The highest BCUT2D eigenvalue weighted by atomic mass is 35.5. The van der Waals surface area contributed by atoms with Crippen molar-refractivity contribution in [3.8, 4) is 10.6 Å². The maximum Gasteiger partial charge on any atom is 0.263 e. The molecule has 1 saturated heterocycles. The van der Waals surface area contributed by atoms with E-state index in [1.807, 2.05) is 31.2 Å². The van der Waals surface area contributed by atoms with E-state index in [0.717, 1.165) is 42.2 Å². The van der Waals surface area contributed by atoms with Crippen molar-refractivity contribution in [2.24, 2.45) is 0 Å². The normalized spacial score (nSPS) is 14.4. The largest absolute Gasteiger partial charge is 0.348 e. The number of aryl methyl sites for hydroxylation is 1. The first-order chi connectivity index (χ1) is 10.6. The SMILES string of the molecule is Cc1nc(-c2ccc(Cl)cc2)sc1C(=O)NC1CCNCC1.Cl.Cl. The highest BCUT2D eigenvalue weighted by Gasteiger charge is 2.20. The van der Waals surface area contributed by atoms with Crippen molar-refractivity contribution in [1.82, 2.24) is 15.6 Å². The van der Waals surface area contributed by atoms with E-state index in [0.29, 0.717) is 9.90 Å². The van der Waals surface area contributed by atoms with E-state index >= 15 is 0 Å². The van der Waals surface area contributed by atoms with E-state index in [1.54, 1.807) is 0 Å². The molecule has 3 rings (SSSR count). The number of carbonyl (C=O) groups is 1. The monoisotopic (exact) mass is 407 g/mol. The van der Waals surface area contributed by atoms with Gasteiger partial charge < -0.3 is 10.6 Å². The number of halogens is 3. The van der Waals surface area contributed by atoms with Crippen LogP contribution in [0.2, 0.25) is 5.02 Å². The predicted octanol–water partition coefficient (Wildman–Crippen LogP) is 4.10. The summed E-state index contributed by atoms with van der Waals surface area (Å²) in [6, 6.07) is 7.78. The molecular formula is C16H20Cl3N3OS. The van der Waals surface area contributed by atoms with E-state index in [9.17, 15) is 4.79 Å². The molecule has 0 spiro atoms. The van der Waals surface area contributed by atoms with Crippen molar-refractivity contribution in [3.63, 3.8) is 0 Å². The molecule has 1 fully saturated rings. The van der Waals surface area contributed by atoms with Gasteiger partial charge in [-0.1, -0.05) is 23.7 Å². The fraction of sp³-hybridized carbons (Fsp3) is 0.375. The number of carbonyl (C=O) groups excluding carboxylic acids is 1. The van der Waals surface area contributed by atoms with Crippen molar-refractivity contribution < 1.29 is 4.79 Å². The van der Waals surface area contributed by atoms with Gasteiger partial charge in [-0.25, -0.2) is 4.98 Å². The number of thiazole rings is 1. The molecule has 0 atom stereocenters. The van der Waals surface area contributed by atoms with E-state index in [4.69, 9.17) is 11.6 Å². The number of piperidine rings is 1. The minimum absolute atomic E-state index is 0. The van der Waals surface area contributed by atoms with Crippen LogP contribution in [0.15, 0.2) is 24.3 Å². The lowest BCUT2D eigenvalue weighted by Gasteiger charge is -2.23. The van der Waals surface area contributed by atoms with Crippen molar-refractivity contribution in [1.29, 1.82) is 0 Å². The average Bonchev–Trinajstić information content (AvgIpc) is 2.91. The lowest BCUT2D eigenvalue weighted by Crippen LogP contribution is -2.42. The number of benzene rings is 1. The standard InChI is InChI=1S/C16H18ClN3OS.2ClH/c1-10-14(15(21)20-13-6-8-18-9-7-13)22-16(19-10)11-2-4-12(17)5-3-11;;/h2-5,13,18H,6-9H2,1H3,(H,20,21);2*1H.